The van der Waals surface area contributed by atoms with E-state index in [1.54, 1.807) is 0 Å². The van der Waals surface area contributed by atoms with E-state index < -0.39 is 14.8 Å². The molecule has 7 heteroatoms. The van der Waals surface area contributed by atoms with Gasteiger partial charge in [-0.1, -0.05) is 26.3 Å². The molecular weight excluding hydrogens is 280 g/mol. The van der Waals surface area contributed by atoms with Gasteiger partial charge in [-0.3, -0.25) is 10.1 Å². The molecule has 2 atom stereocenters. The fourth-order valence-corrected chi connectivity index (χ4v) is 2.73. The van der Waals surface area contributed by atoms with Crippen LogP contribution in [0.15, 0.2) is 23.1 Å². The summed E-state index contributed by atoms with van der Waals surface area (Å²) >= 11 is 0. The number of rotatable bonds is 6. The van der Waals surface area contributed by atoms with E-state index in [1.165, 1.54) is 18.2 Å². The second-order valence-electron chi connectivity index (χ2n) is 5.00. The molecule has 0 aliphatic carbocycles. The minimum absolute atomic E-state index is 0.00788. The van der Waals surface area contributed by atoms with Crippen LogP contribution in [0.1, 0.15) is 27.2 Å². The van der Waals surface area contributed by atoms with Crippen LogP contribution < -0.4 is 5.32 Å². The van der Waals surface area contributed by atoms with Gasteiger partial charge in [0.15, 0.2) is 9.84 Å². The van der Waals surface area contributed by atoms with Crippen LogP contribution in [0.3, 0.4) is 0 Å². The molecule has 0 aliphatic rings. The Morgan fingerprint density at radius 1 is 1.35 bits per heavy atom. The molecule has 112 valence electrons. The second kappa shape index (κ2) is 6.21. The number of benzene rings is 1. The zero-order chi connectivity index (χ0) is 15.5. The zero-order valence-electron chi connectivity index (χ0n) is 12.1. The first-order chi connectivity index (χ1) is 9.18. The summed E-state index contributed by atoms with van der Waals surface area (Å²) in [6.07, 6.45) is 1.89. The maximum absolute atomic E-state index is 11.7. The van der Waals surface area contributed by atoms with Crippen molar-refractivity contribution < 1.29 is 13.3 Å². The van der Waals surface area contributed by atoms with Gasteiger partial charge in [-0.2, -0.15) is 0 Å². The topological polar surface area (TPSA) is 89.3 Å². The van der Waals surface area contributed by atoms with Crippen molar-refractivity contribution in [2.75, 3.05) is 11.6 Å². The van der Waals surface area contributed by atoms with Crippen LogP contribution in [0, 0.1) is 16.0 Å². The number of sulfone groups is 1. The number of nitro groups is 1. The lowest BCUT2D eigenvalue weighted by atomic mass is 10.0. The summed E-state index contributed by atoms with van der Waals surface area (Å²) in [5.74, 6) is 0.316. The van der Waals surface area contributed by atoms with E-state index in [-0.39, 0.29) is 22.3 Å². The largest absolute Gasteiger partial charge is 0.377 e. The Bertz CT molecular complexity index is 598. The van der Waals surface area contributed by atoms with Gasteiger partial charge in [0.2, 0.25) is 0 Å². The number of para-hydroxylation sites is 1. The average molecular weight is 300 g/mol. The summed E-state index contributed by atoms with van der Waals surface area (Å²) in [7, 11) is -3.64. The van der Waals surface area contributed by atoms with Gasteiger partial charge in [0.1, 0.15) is 10.6 Å². The number of nitrogens with one attached hydrogen (secondary N) is 1. The lowest BCUT2D eigenvalue weighted by Crippen LogP contribution is -2.24. The van der Waals surface area contributed by atoms with Crippen molar-refractivity contribution in [3.63, 3.8) is 0 Å². The summed E-state index contributed by atoms with van der Waals surface area (Å²) in [6.45, 7) is 5.99. The monoisotopic (exact) mass is 300 g/mol. The third kappa shape index (κ3) is 3.69. The van der Waals surface area contributed by atoms with Crippen molar-refractivity contribution in [3.8, 4) is 0 Å². The average Bonchev–Trinajstić information content (AvgIpc) is 2.36. The molecule has 0 heterocycles. The lowest BCUT2D eigenvalue weighted by molar-refractivity contribution is -0.386. The Morgan fingerprint density at radius 3 is 2.40 bits per heavy atom. The molecule has 0 aromatic heterocycles. The van der Waals surface area contributed by atoms with Gasteiger partial charge in [0.25, 0.3) is 0 Å². The Balaban J connectivity index is 3.31. The van der Waals surface area contributed by atoms with Crippen LogP contribution in [0.5, 0.6) is 0 Å². The maximum atomic E-state index is 11.7. The lowest BCUT2D eigenvalue weighted by Gasteiger charge is -2.21. The maximum Gasteiger partial charge on any atom is 0.310 e. The highest BCUT2D eigenvalue weighted by molar-refractivity contribution is 7.90. The predicted octanol–water partition coefficient (Wildman–Crippen LogP) is 2.84. The Labute approximate surface area is 119 Å². The molecule has 0 radical (unpaired) electrons. The number of hydrogen-bond acceptors (Lipinski definition) is 5. The van der Waals surface area contributed by atoms with E-state index >= 15 is 0 Å². The van der Waals surface area contributed by atoms with Crippen LogP contribution in [0.4, 0.5) is 11.4 Å². The van der Waals surface area contributed by atoms with Crippen molar-refractivity contribution in [3.05, 3.63) is 28.3 Å². The summed E-state index contributed by atoms with van der Waals surface area (Å²) in [4.78, 5) is 10.3. The smallest absolute Gasteiger partial charge is 0.310 e. The van der Waals surface area contributed by atoms with Crippen molar-refractivity contribution in [1.82, 2.24) is 0 Å². The van der Waals surface area contributed by atoms with Gasteiger partial charge < -0.3 is 5.32 Å². The van der Waals surface area contributed by atoms with Crippen LogP contribution in [0.2, 0.25) is 0 Å². The Kier molecular flexibility index (Phi) is 5.10. The van der Waals surface area contributed by atoms with E-state index in [9.17, 15) is 18.5 Å². The number of nitrogens with zero attached hydrogens (tertiary/aromatic N) is 1. The number of hydrogen-bond donors (Lipinski definition) is 1. The Hall–Kier alpha value is -1.63. The molecule has 0 amide bonds. The molecule has 1 N–H and O–H groups in total. The SMILES string of the molecule is CCC(C)C(C)Nc1cccc(S(C)(=O)=O)c1[N+](=O)[O-]. The van der Waals surface area contributed by atoms with E-state index in [2.05, 4.69) is 5.32 Å². The predicted molar refractivity (Wildman–Crippen MR) is 78.7 cm³/mol. The van der Waals surface area contributed by atoms with Gasteiger partial charge in [-0.25, -0.2) is 8.42 Å². The number of anilines is 1. The highest BCUT2D eigenvalue weighted by Crippen LogP contribution is 2.33. The second-order valence-corrected chi connectivity index (χ2v) is 6.98. The molecule has 0 aliphatic heterocycles. The summed E-state index contributed by atoms with van der Waals surface area (Å²) in [6, 6.07) is 4.31. The summed E-state index contributed by atoms with van der Waals surface area (Å²) in [5.41, 5.74) is -0.143. The third-order valence-electron chi connectivity index (χ3n) is 3.46. The summed E-state index contributed by atoms with van der Waals surface area (Å²) < 4.78 is 23.3. The fraction of sp³-hybridized carbons (Fsp3) is 0.538. The van der Waals surface area contributed by atoms with Gasteiger partial charge in [-0.15, -0.1) is 0 Å². The molecule has 6 nitrogen and oxygen atoms in total. The minimum atomic E-state index is -3.64. The van der Waals surface area contributed by atoms with E-state index in [1.807, 2.05) is 20.8 Å². The van der Waals surface area contributed by atoms with Crippen molar-refractivity contribution in [2.45, 2.75) is 38.1 Å². The first-order valence-electron chi connectivity index (χ1n) is 6.42. The van der Waals surface area contributed by atoms with Gasteiger partial charge in [0, 0.05) is 12.3 Å². The van der Waals surface area contributed by atoms with Crippen molar-refractivity contribution >= 4 is 21.2 Å². The van der Waals surface area contributed by atoms with Crippen LogP contribution >= 0.6 is 0 Å². The molecule has 0 saturated carbocycles. The van der Waals surface area contributed by atoms with E-state index in [0.717, 1.165) is 12.7 Å². The van der Waals surface area contributed by atoms with Crippen molar-refractivity contribution in [1.29, 1.82) is 0 Å². The molecule has 0 bridgehead atoms. The number of nitro benzene ring substituents is 1. The molecule has 20 heavy (non-hydrogen) atoms. The van der Waals surface area contributed by atoms with Gasteiger partial charge in [-0.05, 0) is 25.0 Å². The minimum Gasteiger partial charge on any atom is -0.377 e. The van der Waals surface area contributed by atoms with Gasteiger partial charge in [0.05, 0.1) is 4.92 Å². The van der Waals surface area contributed by atoms with Crippen LogP contribution in [-0.4, -0.2) is 25.6 Å². The molecule has 1 rings (SSSR count). The molecular formula is C13H20N2O4S. The first kappa shape index (κ1) is 16.4. The first-order valence-corrected chi connectivity index (χ1v) is 8.31. The highest BCUT2D eigenvalue weighted by atomic mass is 32.2. The van der Waals surface area contributed by atoms with Crippen LogP contribution in [0.25, 0.3) is 0 Å². The van der Waals surface area contributed by atoms with E-state index in [0.29, 0.717) is 5.92 Å². The molecule has 1 aromatic rings. The van der Waals surface area contributed by atoms with Gasteiger partial charge >= 0.3 is 5.69 Å². The zero-order valence-corrected chi connectivity index (χ0v) is 12.9. The fourth-order valence-electron chi connectivity index (χ4n) is 1.87. The molecule has 0 fully saturated rings. The molecule has 2 unspecified atom stereocenters. The highest BCUT2D eigenvalue weighted by Gasteiger charge is 2.27. The van der Waals surface area contributed by atoms with Crippen molar-refractivity contribution in [2.24, 2.45) is 5.92 Å². The molecule has 0 spiro atoms. The quantitative estimate of drug-likeness (QED) is 0.644. The van der Waals surface area contributed by atoms with Crippen LogP contribution in [-0.2, 0) is 9.84 Å². The normalized spacial score (nSPS) is 14.6. The standard InChI is InChI=1S/C13H20N2O4S/c1-5-9(2)10(3)14-11-7-6-8-12(20(4,18)19)13(11)15(16)17/h6-10,14H,5H2,1-4H3. The summed E-state index contributed by atoms with van der Waals surface area (Å²) in [5, 5.41) is 14.3. The van der Waals surface area contributed by atoms with E-state index in [4.69, 9.17) is 0 Å². The molecule has 1 aromatic carbocycles. The molecule has 0 saturated heterocycles. The Morgan fingerprint density at radius 2 is 1.95 bits per heavy atom. The third-order valence-corrected chi connectivity index (χ3v) is 4.59.